The molecule has 0 atom stereocenters. The first-order valence-electron chi connectivity index (χ1n) is 10.6. The number of piperidine rings is 1. The Morgan fingerprint density at radius 2 is 1.97 bits per heavy atom. The van der Waals surface area contributed by atoms with E-state index in [9.17, 15) is 0 Å². The summed E-state index contributed by atoms with van der Waals surface area (Å²) in [4.78, 5) is 7.25. The molecule has 0 spiro atoms. The summed E-state index contributed by atoms with van der Waals surface area (Å²) in [5, 5.41) is 4.20. The standard InChI is InChI=1S/C24H27N3OS/c1-2-4-18(5-3-1)17-27-14-10-21(11-15-27)28-24-26-22-7-6-20(16-23(22)29-24)19-8-12-25-13-9-19/h1-8,16,21,25H,9-15,17H2. The Bertz CT molecular complexity index is 990. The molecule has 5 rings (SSSR count). The molecule has 2 aliphatic heterocycles. The molecule has 29 heavy (non-hydrogen) atoms. The van der Waals surface area contributed by atoms with Gasteiger partial charge in [-0.2, -0.15) is 0 Å². The van der Waals surface area contributed by atoms with Crippen molar-refractivity contribution in [1.29, 1.82) is 0 Å². The zero-order valence-corrected chi connectivity index (χ0v) is 17.5. The van der Waals surface area contributed by atoms with Gasteiger partial charge in [0.15, 0.2) is 0 Å². The van der Waals surface area contributed by atoms with Crippen molar-refractivity contribution in [3.63, 3.8) is 0 Å². The zero-order chi connectivity index (χ0) is 19.5. The van der Waals surface area contributed by atoms with Crippen LogP contribution in [0.1, 0.15) is 30.4 Å². The number of rotatable bonds is 5. The van der Waals surface area contributed by atoms with E-state index < -0.39 is 0 Å². The van der Waals surface area contributed by atoms with Gasteiger partial charge in [0.05, 0.1) is 10.2 Å². The predicted molar refractivity (Wildman–Crippen MR) is 120 cm³/mol. The average Bonchev–Trinajstić information content (AvgIpc) is 3.18. The topological polar surface area (TPSA) is 37.4 Å². The Morgan fingerprint density at radius 1 is 1.10 bits per heavy atom. The molecule has 2 aromatic carbocycles. The minimum absolute atomic E-state index is 0.272. The second-order valence-electron chi connectivity index (χ2n) is 7.92. The Hall–Kier alpha value is -2.21. The highest BCUT2D eigenvalue weighted by Gasteiger charge is 2.22. The lowest BCUT2D eigenvalue weighted by atomic mass is 10.0. The molecule has 0 aliphatic carbocycles. The highest BCUT2D eigenvalue weighted by molar-refractivity contribution is 7.20. The fourth-order valence-corrected chi connectivity index (χ4v) is 5.13. The number of likely N-dealkylation sites (tertiary alicyclic amines) is 1. The maximum atomic E-state index is 6.28. The number of hydrogen-bond donors (Lipinski definition) is 1. The molecule has 3 aromatic rings. The third-order valence-electron chi connectivity index (χ3n) is 5.85. The molecule has 3 heterocycles. The SMILES string of the molecule is C1=C(c2ccc3nc(OC4CCN(Cc5ccccc5)CC4)sc3c2)CCNC1. The van der Waals surface area contributed by atoms with Crippen LogP contribution in [-0.2, 0) is 6.54 Å². The molecule has 0 bridgehead atoms. The van der Waals surface area contributed by atoms with E-state index in [4.69, 9.17) is 9.72 Å². The minimum atomic E-state index is 0.272. The number of ether oxygens (including phenoxy) is 1. The molecular weight excluding hydrogens is 378 g/mol. The van der Waals surface area contributed by atoms with Gasteiger partial charge in [-0.05, 0) is 54.6 Å². The van der Waals surface area contributed by atoms with Crippen LogP contribution in [0.15, 0.2) is 54.6 Å². The summed E-state index contributed by atoms with van der Waals surface area (Å²) in [5.74, 6) is 0. The van der Waals surface area contributed by atoms with E-state index in [-0.39, 0.29) is 6.10 Å². The van der Waals surface area contributed by atoms with E-state index in [0.717, 1.165) is 62.7 Å². The van der Waals surface area contributed by atoms with Crippen LogP contribution in [0.3, 0.4) is 0 Å². The molecule has 4 nitrogen and oxygen atoms in total. The van der Waals surface area contributed by atoms with Crippen molar-refractivity contribution in [1.82, 2.24) is 15.2 Å². The quantitative estimate of drug-likeness (QED) is 0.667. The maximum absolute atomic E-state index is 6.28. The Labute approximate surface area is 176 Å². The maximum Gasteiger partial charge on any atom is 0.274 e. The monoisotopic (exact) mass is 405 g/mol. The van der Waals surface area contributed by atoms with Crippen LogP contribution in [0.25, 0.3) is 15.8 Å². The first-order valence-corrected chi connectivity index (χ1v) is 11.4. The minimum Gasteiger partial charge on any atom is -0.467 e. The van der Waals surface area contributed by atoms with Crippen molar-refractivity contribution in [3.05, 3.63) is 65.7 Å². The molecule has 150 valence electrons. The van der Waals surface area contributed by atoms with Crippen LogP contribution in [0.5, 0.6) is 5.19 Å². The van der Waals surface area contributed by atoms with E-state index in [0.29, 0.717) is 0 Å². The third kappa shape index (κ3) is 4.53. The van der Waals surface area contributed by atoms with Crippen LogP contribution < -0.4 is 10.1 Å². The summed E-state index contributed by atoms with van der Waals surface area (Å²) < 4.78 is 7.50. The van der Waals surface area contributed by atoms with Crippen LogP contribution >= 0.6 is 11.3 Å². The van der Waals surface area contributed by atoms with E-state index in [1.165, 1.54) is 21.4 Å². The molecule has 0 saturated carbocycles. The largest absolute Gasteiger partial charge is 0.467 e. The second-order valence-corrected chi connectivity index (χ2v) is 8.92. The normalized spacial score (nSPS) is 18.7. The third-order valence-corrected chi connectivity index (χ3v) is 6.76. The molecule has 1 fully saturated rings. The average molecular weight is 406 g/mol. The van der Waals surface area contributed by atoms with Gasteiger partial charge in [0.1, 0.15) is 6.10 Å². The van der Waals surface area contributed by atoms with Crippen LogP contribution in [0.2, 0.25) is 0 Å². The first kappa shape index (κ1) is 18.8. The van der Waals surface area contributed by atoms with Crippen molar-refractivity contribution in [2.24, 2.45) is 0 Å². The second kappa shape index (κ2) is 8.66. The van der Waals surface area contributed by atoms with Gasteiger partial charge in [-0.15, -0.1) is 0 Å². The van der Waals surface area contributed by atoms with E-state index in [1.807, 2.05) is 0 Å². The summed E-state index contributed by atoms with van der Waals surface area (Å²) in [7, 11) is 0. The summed E-state index contributed by atoms with van der Waals surface area (Å²) in [5.41, 5.74) is 5.19. The van der Waals surface area contributed by atoms with Gasteiger partial charge in [-0.1, -0.05) is 53.8 Å². The van der Waals surface area contributed by atoms with Crippen LogP contribution in [0.4, 0.5) is 0 Å². The predicted octanol–water partition coefficient (Wildman–Crippen LogP) is 4.72. The fraction of sp³-hybridized carbons (Fsp3) is 0.375. The summed E-state index contributed by atoms with van der Waals surface area (Å²) in [6.07, 6.45) is 5.79. The van der Waals surface area contributed by atoms with E-state index >= 15 is 0 Å². The molecule has 2 aliphatic rings. The summed E-state index contributed by atoms with van der Waals surface area (Å²) in [6, 6.07) is 17.3. The Morgan fingerprint density at radius 3 is 2.76 bits per heavy atom. The van der Waals surface area contributed by atoms with Gasteiger partial charge in [0.2, 0.25) is 0 Å². The number of hydrogen-bond acceptors (Lipinski definition) is 5. The van der Waals surface area contributed by atoms with Crippen molar-refractivity contribution < 1.29 is 4.74 Å². The van der Waals surface area contributed by atoms with E-state index in [1.54, 1.807) is 11.3 Å². The molecule has 5 heteroatoms. The molecule has 0 unspecified atom stereocenters. The highest BCUT2D eigenvalue weighted by Crippen LogP contribution is 2.32. The molecular formula is C24H27N3OS. The van der Waals surface area contributed by atoms with Crippen molar-refractivity contribution in [2.75, 3.05) is 26.2 Å². The highest BCUT2D eigenvalue weighted by atomic mass is 32.1. The Balaban J connectivity index is 1.20. The number of thiazole rings is 1. The number of benzene rings is 2. The van der Waals surface area contributed by atoms with Crippen LogP contribution in [0, 0.1) is 0 Å². The fourth-order valence-electron chi connectivity index (χ4n) is 4.21. The molecule has 1 saturated heterocycles. The van der Waals surface area contributed by atoms with Gasteiger partial charge in [0, 0.05) is 26.2 Å². The molecule has 0 radical (unpaired) electrons. The van der Waals surface area contributed by atoms with Gasteiger partial charge < -0.3 is 10.1 Å². The van der Waals surface area contributed by atoms with Gasteiger partial charge in [0.25, 0.3) is 5.19 Å². The summed E-state index contributed by atoms with van der Waals surface area (Å²) >= 11 is 1.68. The van der Waals surface area contributed by atoms with Crippen molar-refractivity contribution in [2.45, 2.75) is 31.9 Å². The van der Waals surface area contributed by atoms with E-state index in [2.05, 4.69) is 64.8 Å². The van der Waals surface area contributed by atoms with Crippen LogP contribution in [-0.4, -0.2) is 42.2 Å². The summed E-state index contributed by atoms with van der Waals surface area (Å²) in [6.45, 7) is 5.22. The van der Waals surface area contributed by atoms with Gasteiger partial charge in [-0.25, -0.2) is 4.98 Å². The smallest absolute Gasteiger partial charge is 0.274 e. The molecule has 1 aromatic heterocycles. The van der Waals surface area contributed by atoms with Crippen molar-refractivity contribution >= 4 is 27.1 Å². The number of nitrogens with zero attached hydrogens (tertiary/aromatic N) is 2. The lowest BCUT2D eigenvalue weighted by Gasteiger charge is -2.31. The van der Waals surface area contributed by atoms with Gasteiger partial charge in [-0.3, -0.25) is 4.90 Å². The Kier molecular flexibility index (Phi) is 5.61. The number of aromatic nitrogens is 1. The lowest BCUT2D eigenvalue weighted by molar-refractivity contribution is 0.0967. The van der Waals surface area contributed by atoms with Crippen molar-refractivity contribution in [3.8, 4) is 5.19 Å². The molecule has 0 amide bonds. The number of nitrogens with one attached hydrogen (secondary N) is 1. The first-order chi connectivity index (χ1) is 14.3. The number of fused-ring (bicyclic) bond motifs is 1. The zero-order valence-electron chi connectivity index (χ0n) is 16.6. The lowest BCUT2D eigenvalue weighted by Crippen LogP contribution is -2.37. The van der Waals surface area contributed by atoms with Gasteiger partial charge >= 0.3 is 0 Å². The molecule has 1 N–H and O–H groups in total.